The van der Waals surface area contributed by atoms with Crippen LogP contribution in [0.2, 0.25) is 0 Å². The van der Waals surface area contributed by atoms with Gasteiger partial charge in [-0.2, -0.15) is 0 Å². The van der Waals surface area contributed by atoms with Crippen LogP contribution in [0.5, 0.6) is 0 Å². The number of benzene rings is 2. The van der Waals surface area contributed by atoms with E-state index in [1.165, 1.54) is 36.4 Å². The molecule has 0 radical (unpaired) electrons. The second-order valence-electron chi connectivity index (χ2n) is 8.50. The highest BCUT2D eigenvalue weighted by Gasteiger charge is 2.26. The quantitative estimate of drug-likeness (QED) is 0.623. The third kappa shape index (κ3) is 7.02. The Morgan fingerprint density at radius 2 is 1.73 bits per heavy atom. The number of sulfone groups is 1. The lowest BCUT2D eigenvalue weighted by Gasteiger charge is -2.29. The average molecular weight is 477 g/mol. The third-order valence-electron chi connectivity index (χ3n) is 5.59. The van der Waals surface area contributed by atoms with Crippen molar-refractivity contribution in [2.45, 2.75) is 68.2 Å². The van der Waals surface area contributed by atoms with Crippen LogP contribution in [0.4, 0.5) is 14.9 Å². The Hall–Kier alpha value is -2.94. The van der Waals surface area contributed by atoms with Gasteiger partial charge in [-0.05, 0) is 75.1 Å². The predicted octanol–water partition coefficient (Wildman–Crippen LogP) is 4.23. The van der Waals surface area contributed by atoms with E-state index in [4.69, 9.17) is 4.74 Å². The summed E-state index contributed by atoms with van der Waals surface area (Å²) in [4.78, 5) is 24.9. The number of carbonyl (C=O) groups excluding carboxylic acids is 2. The third-order valence-corrected chi connectivity index (χ3v) is 7.76. The molecular formula is C24H29FN2O5S. The lowest BCUT2D eigenvalue weighted by atomic mass is 9.92. The molecule has 33 heavy (non-hydrogen) atoms. The van der Waals surface area contributed by atoms with E-state index in [1.54, 1.807) is 26.0 Å². The van der Waals surface area contributed by atoms with Crippen molar-refractivity contribution in [2.24, 2.45) is 0 Å². The Morgan fingerprint density at radius 3 is 2.36 bits per heavy atom. The van der Waals surface area contributed by atoms with Crippen LogP contribution in [0.25, 0.3) is 0 Å². The molecule has 0 bridgehead atoms. The Balaban J connectivity index is 1.48. The molecule has 0 spiro atoms. The minimum atomic E-state index is -3.35. The first-order chi connectivity index (χ1) is 15.6. The zero-order valence-corrected chi connectivity index (χ0v) is 19.5. The summed E-state index contributed by atoms with van der Waals surface area (Å²) in [6, 6.07) is 11.6. The number of amides is 2. The Labute approximate surface area is 193 Å². The molecule has 0 aromatic heterocycles. The highest BCUT2D eigenvalue weighted by molar-refractivity contribution is 7.92. The van der Waals surface area contributed by atoms with E-state index in [9.17, 15) is 22.4 Å². The van der Waals surface area contributed by atoms with Crippen LogP contribution in [0.1, 0.15) is 45.1 Å². The first-order valence-corrected chi connectivity index (χ1v) is 12.5. The number of rotatable bonds is 7. The van der Waals surface area contributed by atoms with E-state index in [0.29, 0.717) is 18.5 Å². The van der Waals surface area contributed by atoms with Gasteiger partial charge in [-0.25, -0.2) is 17.6 Å². The number of hydrogen-bond donors (Lipinski definition) is 2. The molecule has 1 aliphatic carbocycles. The van der Waals surface area contributed by atoms with Crippen LogP contribution >= 0.6 is 0 Å². The number of carbonyl (C=O) groups is 2. The van der Waals surface area contributed by atoms with Crippen molar-refractivity contribution in [3.63, 3.8) is 0 Å². The SMILES string of the molecule is CC(C)S(=O)(=O)c1ccc(CC(=O)N[C@@H]2CCC[C@@H](OC(=O)Nc3ccc(F)cc3)C2)cc1. The summed E-state index contributed by atoms with van der Waals surface area (Å²) in [5.74, 6) is -0.563. The van der Waals surface area contributed by atoms with E-state index in [-0.39, 0.29) is 29.4 Å². The van der Waals surface area contributed by atoms with Crippen molar-refractivity contribution in [2.75, 3.05) is 5.32 Å². The highest BCUT2D eigenvalue weighted by atomic mass is 32.2. The van der Waals surface area contributed by atoms with Gasteiger partial charge in [-0.3, -0.25) is 10.1 Å². The lowest BCUT2D eigenvalue weighted by molar-refractivity contribution is -0.121. The van der Waals surface area contributed by atoms with E-state index in [2.05, 4.69) is 10.6 Å². The molecule has 0 unspecified atom stereocenters. The second kappa shape index (κ2) is 10.8. The molecule has 1 aliphatic rings. The largest absolute Gasteiger partial charge is 0.446 e. The summed E-state index contributed by atoms with van der Waals surface area (Å²) < 4.78 is 42.9. The Kier molecular flexibility index (Phi) is 8.07. The number of nitrogens with one attached hydrogen (secondary N) is 2. The molecule has 3 rings (SSSR count). The number of ether oxygens (including phenoxy) is 1. The van der Waals surface area contributed by atoms with Crippen molar-refractivity contribution in [1.29, 1.82) is 0 Å². The van der Waals surface area contributed by atoms with Crippen LogP contribution in [0.3, 0.4) is 0 Å². The van der Waals surface area contributed by atoms with Gasteiger partial charge in [-0.15, -0.1) is 0 Å². The fraction of sp³-hybridized carbons (Fsp3) is 0.417. The molecule has 2 aromatic rings. The van der Waals surface area contributed by atoms with Gasteiger partial charge >= 0.3 is 6.09 Å². The fourth-order valence-corrected chi connectivity index (χ4v) is 4.81. The maximum atomic E-state index is 13.0. The second-order valence-corrected chi connectivity index (χ2v) is 11.0. The predicted molar refractivity (Wildman–Crippen MR) is 123 cm³/mol. The molecule has 0 aliphatic heterocycles. The maximum absolute atomic E-state index is 13.0. The first kappa shape index (κ1) is 24.7. The smallest absolute Gasteiger partial charge is 0.411 e. The van der Waals surface area contributed by atoms with Gasteiger partial charge in [0.15, 0.2) is 9.84 Å². The Bertz CT molecular complexity index is 1070. The van der Waals surface area contributed by atoms with Gasteiger partial charge in [0.25, 0.3) is 0 Å². The summed E-state index contributed by atoms with van der Waals surface area (Å²) in [7, 11) is -3.35. The van der Waals surface area contributed by atoms with Gasteiger partial charge in [0.05, 0.1) is 16.6 Å². The molecule has 0 heterocycles. The van der Waals surface area contributed by atoms with Gasteiger partial charge < -0.3 is 10.1 Å². The van der Waals surface area contributed by atoms with Crippen molar-refractivity contribution >= 4 is 27.5 Å². The molecule has 2 atom stereocenters. The molecule has 178 valence electrons. The van der Waals surface area contributed by atoms with Crippen molar-refractivity contribution in [3.05, 3.63) is 59.9 Å². The van der Waals surface area contributed by atoms with E-state index >= 15 is 0 Å². The number of anilines is 1. The zero-order chi connectivity index (χ0) is 24.0. The zero-order valence-electron chi connectivity index (χ0n) is 18.7. The van der Waals surface area contributed by atoms with Crippen molar-refractivity contribution in [3.8, 4) is 0 Å². The highest BCUT2D eigenvalue weighted by Crippen LogP contribution is 2.22. The van der Waals surface area contributed by atoms with E-state index in [1.807, 2.05) is 0 Å². The van der Waals surface area contributed by atoms with Crippen LogP contribution < -0.4 is 10.6 Å². The van der Waals surface area contributed by atoms with E-state index in [0.717, 1.165) is 18.4 Å². The summed E-state index contributed by atoms with van der Waals surface area (Å²) in [6.45, 7) is 3.26. The number of halogens is 1. The van der Waals surface area contributed by atoms with Crippen LogP contribution in [0.15, 0.2) is 53.4 Å². The van der Waals surface area contributed by atoms with Crippen LogP contribution in [-0.4, -0.2) is 37.8 Å². The molecule has 2 N–H and O–H groups in total. The molecule has 9 heteroatoms. The summed E-state index contributed by atoms with van der Waals surface area (Å²) in [5, 5.41) is 5.04. The molecular weight excluding hydrogens is 447 g/mol. The standard InChI is InChI=1S/C24H29FN2O5S/c1-16(2)33(30,31)22-12-6-17(7-13-22)14-23(28)26-20-4-3-5-21(15-20)32-24(29)27-19-10-8-18(25)9-11-19/h6-13,16,20-21H,3-5,14-15H2,1-2H3,(H,26,28)(H,27,29)/t20-,21-/m1/s1. The van der Waals surface area contributed by atoms with Crippen molar-refractivity contribution < 1.29 is 27.1 Å². The molecule has 0 saturated heterocycles. The van der Waals surface area contributed by atoms with Gasteiger partial charge in [-0.1, -0.05) is 12.1 Å². The van der Waals surface area contributed by atoms with Gasteiger partial charge in [0.1, 0.15) is 11.9 Å². The monoisotopic (exact) mass is 476 g/mol. The minimum Gasteiger partial charge on any atom is -0.446 e. The van der Waals surface area contributed by atoms with E-state index < -0.39 is 27.0 Å². The van der Waals surface area contributed by atoms with Crippen molar-refractivity contribution in [1.82, 2.24) is 5.32 Å². The average Bonchev–Trinajstić information content (AvgIpc) is 2.75. The first-order valence-electron chi connectivity index (χ1n) is 11.0. The lowest BCUT2D eigenvalue weighted by Crippen LogP contribution is -2.41. The number of hydrogen-bond acceptors (Lipinski definition) is 5. The summed E-state index contributed by atoms with van der Waals surface area (Å²) in [6.07, 6.45) is 2.00. The normalized spacial score (nSPS) is 18.5. The van der Waals surface area contributed by atoms with Crippen LogP contribution in [0, 0.1) is 5.82 Å². The maximum Gasteiger partial charge on any atom is 0.411 e. The van der Waals surface area contributed by atoms with Gasteiger partial charge in [0, 0.05) is 18.2 Å². The molecule has 2 aromatic carbocycles. The summed E-state index contributed by atoms with van der Waals surface area (Å²) in [5.41, 5.74) is 1.16. The molecule has 2 amide bonds. The van der Waals surface area contributed by atoms with Gasteiger partial charge in [0.2, 0.25) is 5.91 Å². The Morgan fingerprint density at radius 1 is 1.06 bits per heavy atom. The summed E-state index contributed by atoms with van der Waals surface area (Å²) >= 11 is 0. The van der Waals surface area contributed by atoms with Crippen LogP contribution in [-0.2, 0) is 25.8 Å². The molecule has 1 fully saturated rings. The fourth-order valence-electron chi connectivity index (χ4n) is 3.75. The molecule has 7 nitrogen and oxygen atoms in total. The topological polar surface area (TPSA) is 102 Å². The minimum absolute atomic E-state index is 0.115. The molecule has 1 saturated carbocycles.